The Labute approximate surface area is 271 Å². The number of aliphatic carboxylic acids is 6. The summed E-state index contributed by atoms with van der Waals surface area (Å²) in [6.07, 6.45) is -8.99. The van der Waals surface area contributed by atoms with Crippen molar-refractivity contribution in [3.63, 3.8) is 0 Å². The largest absolute Gasteiger partial charge is 1.00 e. The van der Waals surface area contributed by atoms with Gasteiger partial charge in [-0.15, -0.1) is 0 Å². The molecule has 0 rings (SSSR count). The Morgan fingerprint density at radius 1 is 0.459 bits per heavy atom. The Morgan fingerprint density at radius 2 is 0.568 bits per heavy atom. The summed E-state index contributed by atoms with van der Waals surface area (Å²) in [7, 11) is 0. The van der Waals surface area contributed by atoms with Gasteiger partial charge >= 0.3 is 124 Å². The van der Waals surface area contributed by atoms with Gasteiger partial charge in [0.2, 0.25) is 6.16 Å². The molecular formula is C14H17Na3O20. The van der Waals surface area contributed by atoms with Gasteiger partial charge in [-0.1, -0.05) is 0 Å². The van der Waals surface area contributed by atoms with Crippen molar-refractivity contribution in [1.82, 2.24) is 0 Å². The summed E-state index contributed by atoms with van der Waals surface area (Å²) in [5.41, 5.74) is -5.48. The van der Waals surface area contributed by atoms with Crippen LogP contribution in [0.15, 0.2) is 0 Å². The first kappa shape index (κ1) is 51.8. The van der Waals surface area contributed by atoms with Gasteiger partial charge in [0.25, 0.3) is 0 Å². The Kier molecular flexibility index (Phi) is 36.3. The fraction of sp³-hybridized carbons (Fsp3) is 0.429. The molecule has 0 atom stereocenters. The van der Waals surface area contributed by atoms with Gasteiger partial charge < -0.3 is 70.9 Å². The van der Waals surface area contributed by atoms with Crippen molar-refractivity contribution >= 4 is 48.1 Å². The minimum Gasteiger partial charge on any atom is -0.652 e. The van der Waals surface area contributed by atoms with E-state index in [0.717, 1.165) is 0 Å². The zero-order valence-electron chi connectivity index (χ0n) is 19.3. The van der Waals surface area contributed by atoms with E-state index in [1.807, 2.05) is 0 Å². The second kappa shape index (κ2) is 25.9. The molecule has 0 aliphatic heterocycles. The Hall–Kier alpha value is -1.72. The third-order valence-corrected chi connectivity index (χ3v) is 2.57. The molecule has 0 aromatic carbocycles. The topological polar surface area (TPSA) is 388 Å². The van der Waals surface area contributed by atoms with Crippen LogP contribution in [-0.4, -0.2) is 105 Å². The third-order valence-electron chi connectivity index (χ3n) is 2.57. The number of carbonyl (C=O) groups is 8. The number of hydrogen-bond acceptors (Lipinski definition) is 13. The molecule has 0 unspecified atom stereocenters. The van der Waals surface area contributed by atoms with Crippen molar-refractivity contribution in [2.75, 3.05) is 0 Å². The van der Waals surface area contributed by atoms with Crippen molar-refractivity contribution in [3.8, 4) is 0 Å². The molecule has 0 fully saturated rings. The summed E-state index contributed by atoms with van der Waals surface area (Å²) < 4.78 is 0. The van der Waals surface area contributed by atoms with Gasteiger partial charge in [0, 0.05) is 0 Å². The number of rotatable bonds is 10. The predicted octanol–water partition coefficient (Wildman–Crippen LogP) is -15.0. The van der Waals surface area contributed by atoms with Gasteiger partial charge in [0.15, 0.2) is 11.2 Å². The van der Waals surface area contributed by atoms with Gasteiger partial charge in [-0.3, -0.25) is 19.2 Å². The van der Waals surface area contributed by atoms with Gasteiger partial charge in [0.1, 0.15) is 0 Å². The molecule has 23 heteroatoms. The first-order valence-electron chi connectivity index (χ1n) is 7.59. The van der Waals surface area contributed by atoms with Gasteiger partial charge in [0.05, 0.1) is 25.7 Å². The maximum absolute atomic E-state index is 10.3. The van der Waals surface area contributed by atoms with Gasteiger partial charge in [-0.05, 0) is 6.16 Å². The zero-order valence-corrected chi connectivity index (χ0v) is 25.3. The van der Waals surface area contributed by atoms with Crippen LogP contribution in [0.1, 0.15) is 25.7 Å². The molecule has 0 spiro atoms. The van der Waals surface area contributed by atoms with Crippen LogP contribution in [0.2, 0.25) is 0 Å². The molecule has 0 saturated carbocycles. The van der Waals surface area contributed by atoms with E-state index in [-0.39, 0.29) is 88.7 Å². The quantitative estimate of drug-likeness (QED) is 0.109. The molecule has 0 bridgehead atoms. The van der Waals surface area contributed by atoms with E-state index in [2.05, 4.69) is 0 Å². The van der Waals surface area contributed by atoms with E-state index in [1.165, 1.54) is 0 Å². The molecule has 0 saturated heterocycles. The average Bonchev–Trinajstić information content (AvgIpc) is 2.50. The summed E-state index contributed by atoms with van der Waals surface area (Å²) in [5.74, 6) is -10.0. The van der Waals surface area contributed by atoms with Crippen molar-refractivity contribution in [1.29, 1.82) is 0 Å². The molecule has 0 heterocycles. The molecule has 9 N–H and O–H groups in total. The van der Waals surface area contributed by atoms with E-state index >= 15 is 0 Å². The first-order chi connectivity index (χ1) is 15.0. The van der Waals surface area contributed by atoms with Gasteiger partial charge in [-0.25, -0.2) is 9.59 Å². The summed E-state index contributed by atoms with van der Waals surface area (Å²) in [6, 6.07) is 0. The molecule has 0 aliphatic carbocycles. The number of carboxylic acids is 6. The van der Waals surface area contributed by atoms with Crippen molar-refractivity contribution in [2.24, 2.45) is 0 Å². The van der Waals surface area contributed by atoms with Crippen molar-refractivity contribution in [2.45, 2.75) is 36.9 Å². The van der Waals surface area contributed by atoms with Crippen LogP contribution in [0, 0.1) is 0 Å². The van der Waals surface area contributed by atoms with Crippen molar-refractivity contribution in [3.05, 3.63) is 0 Å². The number of carbonyl (C=O) groups excluding carboxylic acids is 1. The smallest absolute Gasteiger partial charge is 0.652 e. The summed E-state index contributed by atoms with van der Waals surface area (Å²) in [4.78, 5) is 77.7. The Morgan fingerprint density at radius 3 is 0.622 bits per heavy atom. The molecule has 20 nitrogen and oxygen atoms in total. The third kappa shape index (κ3) is 39.0. The average molecular weight is 574 g/mol. The zero-order chi connectivity index (χ0) is 28.4. The predicted molar refractivity (Wildman–Crippen MR) is 87.6 cm³/mol. The molecular weight excluding hydrogens is 557 g/mol. The minimum atomic E-state index is -2.74. The monoisotopic (exact) mass is 574 g/mol. The molecule has 0 amide bonds. The van der Waals surface area contributed by atoms with E-state index < -0.39 is 85.0 Å². The first-order valence-corrected chi connectivity index (χ1v) is 7.59. The fourth-order valence-electron chi connectivity index (χ4n) is 1.43. The van der Waals surface area contributed by atoms with Crippen LogP contribution in [0.5, 0.6) is 0 Å². The van der Waals surface area contributed by atoms with Crippen LogP contribution >= 0.6 is 0 Å². The molecule has 0 aromatic heterocycles. The van der Waals surface area contributed by atoms with E-state index in [4.69, 9.17) is 70.9 Å². The van der Waals surface area contributed by atoms with Crippen LogP contribution in [0.25, 0.3) is 0 Å². The number of aliphatic hydroxyl groups is 2. The summed E-state index contributed by atoms with van der Waals surface area (Å²) in [5, 5.41) is 99.6. The van der Waals surface area contributed by atoms with Crippen LogP contribution < -0.4 is 104 Å². The maximum Gasteiger partial charge on any atom is 1.00 e. The standard InChI is InChI=1S/2C6H8O7.2CH2O3.3Na/c2*7-3(8)1-6(13,5(11)12)2-4(9)10;2*2-1(3)4;;;/h2*13H,1-2H2,(H,7,8)(H,9,10)(H,11,12);2*(H2,2,3,4);;;/q;;;;3*+1/p-3. The van der Waals surface area contributed by atoms with E-state index in [0.29, 0.717) is 0 Å². The van der Waals surface area contributed by atoms with Crippen molar-refractivity contribution < 1.29 is 188 Å². The van der Waals surface area contributed by atoms with E-state index in [1.54, 1.807) is 0 Å². The number of carboxylic acid groups (broad SMARTS) is 10. The van der Waals surface area contributed by atoms with E-state index in [9.17, 15) is 28.8 Å². The van der Waals surface area contributed by atoms with Crippen LogP contribution in [-0.2, 0) is 28.8 Å². The maximum atomic E-state index is 10.3. The Balaban J connectivity index is -0.0000000709. The molecule has 0 radical (unpaired) electrons. The summed E-state index contributed by atoms with van der Waals surface area (Å²) in [6.45, 7) is 0. The second-order valence-electron chi connectivity index (χ2n) is 5.47. The fourth-order valence-corrected chi connectivity index (χ4v) is 1.43. The Bertz CT molecular complexity index is 676. The van der Waals surface area contributed by atoms with Crippen LogP contribution in [0.3, 0.4) is 0 Å². The number of hydrogen-bond donors (Lipinski definition) is 9. The molecule has 196 valence electrons. The SMILES string of the molecule is O=C(O)CC(O)(CC(=O)O)C(=O)O.O=C(O)CC(O)(CC(=O)O)C(=O)O.O=C([O-])O.O=C([O-])[O-].[Na+].[Na+].[Na+]. The van der Waals surface area contributed by atoms with Crippen LogP contribution in [0.4, 0.5) is 9.59 Å². The summed E-state index contributed by atoms with van der Waals surface area (Å²) >= 11 is 0. The normalized spacial score (nSPS) is 8.92. The van der Waals surface area contributed by atoms with Gasteiger partial charge in [-0.2, -0.15) is 0 Å². The minimum absolute atomic E-state index is 0. The second-order valence-corrected chi connectivity index (χ2v) is 5.47. The molecule has 37 heavy (non-hydrogen) atoms. The molecule has 0 aromatic rings. The molecule has 0 aliphatic rings.